The molecule has 0 aromatic rings. The summed E-state index contributed by atoms with van der Waals surface area (Å²) in [6.45, 7) is 0. The first-order chi connectivity index (χ1) is 3.00. The van der Waals surface area contributed by atoms with Gasteiger partial charge in [0, 0.05) is 0 Å². The Kier molecular flexibility index (Phi) is 11.9. The predicted octanol–water partition coefficient (Wildman–Crippen LogP) is 1.85. The van der Waals surface area contributed by atoms with E-state index in [2.05, 4.69) is 0 Å². The first-order valence-electron chi connectivity index (χ1n) is 3.00. The SMILES string of the molecule is C1CCCCC1.Cl.[MgH2]. The van der Waals surface area contributed by atoms with Crippen molar-refractivity contribution in [2.75, 3.05) is 0 Å². The fraction of sp³-hybridized carbons (Fsp3) is 1.00. The molecule has 0 saturated heterocycles. The van der Waals surface area contributed by atoms with Crippen molar-refractivity contribution < 1.29 is 0 Å². The summed E-state index contributed by atoms with van der Waals surface area (Å²) in [5, 5.41) is 0. The Labute approximate surface area is 74.0 Å². The van der Waals surface area contributed by atoms with E-state index in [4.69, 9.17) is 0 Å². The van der Waals surface area contributed by atoms with E-state index in [0.29, 0.717) is 0 Å². The zero-order valence-electron chi connectivity index (χ0n) is 4.65. The van der Waals surface area contributed by atoms with Gasteiger partial charge in [-0.2, -0.15) is 0 Å². The Morgan fingerprint density at radius 3 is 0.750 bits per heavy atom. The molecular weight excluding hydrogens is 132 g/mol. The van der Waals surface area contributed by atoms with Crippen LogP contribution in [0, 0.1) is 0 Å². The highest BCUT2D eigenvalue weighted by atomic mass is 35.5. The van der Waals surface area contributed by atoms with Crippen molar-refractivity contribution in [1.29, 1.82) is 0 Å². The van der Waals surface area contributed by atoms with E-state index in [0.717, 1.165) is 0 Å². The van der Waals surface area contributed by atoms with Gasteiger partial charge in [0.1, 0.15) is 0 Å². The molecule has 1 rings (SSSR count). The number of hydrogen-bond donors (Lipinski definition) is 0. The molecule has 48 valence electrons. The Bertz CT molecular complexity index is 24.0. The van der Waals surface area contributed by atoms with Crippen LogP contribution in [0.4, 0.5) is 0 Å². The van der Waals surface area contributed by atoms with Gasteiger partial charge in [0.15, 0.2) is 0 Å². The molecule has 0 unspecified atom stereocenters. The molecular formula is C6H15ClMg. The van der Waals surface area contributed by atoms with E-state index in [1.807, 2.05) is 0 Å². The third-order valence-corrected chi connectivity index (χ3v) is 1.50. The van der Waals surface area contributed by atoms with Gasteiger partial charge >= 0.3 is 23.1 Å². The quantitative estimate of drug-likeness (QED) is 0.458. The van der Waals surface area contributed by atoms with Crippen molar-refractivity contribution in [3.05, 3.63) is 0 Å². The topological polar surface area (TPSA) is 0 Å². The average Bonchev–Trinajstić information content (AvgIpc) is 1.72. The summed E-state index contributed by atoms with van der Waals surface area (Å²) in [5.41, 5.74) is 0. The summed E-state index contributed by atoms with van der Waals surface area (Å²) in [6.07, 6.45) is 9.00. The summed E-state index contributed by atoms with van der Waals surface area (Å²) < 4.78 is 0. The van der Waals surface area contributed by atoms with Gasteiger partial charge < -0.3 is 0 Å². The van der Waals surface area contributed by atoms with Crippen molar-refractivity contribution in [3.63, 3.8) is 0 Å². The third-order valence-electron chi connectivity index (χ3n) is 1.50. The van der Waals surface area contributed by atoms with E-state index >= 15 is 0 Å². The lowest BCUT2D eigenvalue weighted by Crippen LogP contribution is -1.85. The highest BCUT2D eigenvalue weighted by Gasteiger charge is 1.95. The standard InChI is InChI=1S/C6H12.ClH.Mg.2H/c1-2-4-6-5-3-1;;;;/h1-6H2;1H;;;. The minimum atomic E-state index is 0. The van der Waals surface area contributed by atoms with Gasteiger partial charge in [-0.05, 0) is 0 Å². The van der Waals surface area contributed by atoms with Crippen molar-refractivity contribution in [2.45, 2.75) is 38.5 Å². The van der Waals surface area contributed by atoms with Crippen molar-refractivity contribution in [1.82, 2.24) is 0 Å². The molecule has 1 fully saturated rings. The predicted molar refractivity (Wildman–Crippen MR) is 43.5 cm³/mol. The summed E-state index contributed by atoms with van der Waals surface area (Å²) >= 11 is 0. The molecule has 0 radical (unpaired) electrons. The smallest absolute Gasteiger partial charge is 0.147 e. The van der Waals surface area contributed by atoms with Gasteiger partial charge in [0.2, 0.25) is 0 Å². The highest BCUT2D eigenvalue weighted by Crippen LogP contribution is 2.15. The molecule has 2 heteroatoms. The second kappa shape index (κ2) is 8.06. The largest absolute Gasteiger partial charge is 0.316 e. The minimum absolute atomic E-state index is 0. The minimum Gasteiger partial charge on any atom is -0.147 e. The molecule has 0 N–H and O–H groups in total. The molecule has 0 nitrogen and oxygen atoms in total. The normalized spacial score (nSPS) is 18.0. The number of rotatable bonds is 0. The van der Waals surface area contributed by atoms with Crippen LogP contribution in [-0.4, -0.2) is 23.1 Å². The van der Waals surface area contributed by atoms with Gasteiger partial charge in [-0.15, -0.1) is 12.4 Å². The van der Waals surface area contributed by atoms with E-state index in [9.17, 15) is 0 Å². The van der Waals surface area contributed by atoms with Crippen LogP contribution in [0.25, 0.3) is 0 Å². The summed E-state index contributed by atoms with van der Waals surface area (Å²) in [6, 6.07) is 0. The highest BCUT2D eigenvalue weighted by molar-refractivity contribution is 5.85. The average molecular weight is 147 g/mol. The zero-order valence-corrected chi connectivity index (χ0v) is 5.47. The molecule has 0 heterocycles. The van der Waals surface area contributed by atoms with Crippen LogP contribution in [0.2, 0.25) is 0 Å². The molecule has 0 amide bonds. The first kappa shape index (κ1) is 11.8. The molecule has 0 aliphatic heterocycles. The Morgan fingerprint density at radius 2 is 0.625 bits per heavy atom. The molecule has 0 aromatic heterocycles. The van der Waals surface area contributed by atoms with Gasteiger partial charge in [-0.25, -0.2) is 0 Å². The van der Waals surface area contributed by atoms with E-state index in [1.165, 1.54) is 38.5 Å². The van der Waals surface area contributed by atoms with E-state index in [1.54, 1.807) is 0 Å². The second-order valence-electron chi connectivity index (χ2n) is 2.12. The Balaban J connectivity index is 0. The maximum absolute atomic E-state index is 1.50. The van der Waals surface area contributed by atoms with Crippen LogP contribution in [0.15, 0.2) is 0 Å². The van der Waals surface area contributed by atoms with Gasteiger partial charge in [0.05, 0.1) is 0 Å². The van der Waals surface area contributed by atoms with Crippen LogP contribution >= 0.6 is 12.4 Å². The first-order valence-corrected chi connectivity index (χ1v) is 3.00. The van der Waals surface area contributed by atoms with Crippen molar-refractivity contribution in [3.8, 4) is 0 Å². The van der Waals surface area contributed by atoms with Crippen LogP contribution < -0.4 is 0 Å². The van der Waals surface area contributed by atoms with Gasteiger partial charge in [-0.1, -0.05) is 38.5 Å². The monoisotopic (exact) mass is 146 g/mol. The summed E-state index contributed by atoms with van der Waals surface area (Å²) in [7, 11) is 0. The van der Waals surface area contributed by atoms with Crippen LogP contribution in [0.5, 0.6) is 0 Å². The second-order valence-corrected chi connectivity index (χ2v) is 2.12. The van der Waals surface area contributed by atoms with Gasteiger partial charge in [0.25, 0.3) is 0 Å². The lowest BCUT2D eigenvalue weighted by atomic mass is 10.0. The molecule has 1 aliphatic carbocycles. The lowest BCUT2D eigenvalue weighted by Gasteiger charge is -2.05. The maximum atomic E-state index is 1.50. The molecule has 0 aromatic carbocycles. The number of halogens is 1. The molecule has 8 heavy (non-hydrogen) atoms. The summed E-state index contributed by atoms with van der Waals surface area (Å²) in [4.78, 5) is 0. The van der Waals surface area contributed by atoms with Gasteiger partial charge in [-0.3, -0.25) is 0 Å². The molecule has 0 atom stereocenters. The lowest BCUT2D eigenvalue weighted by molar-refractivity contribution is 0.504. The van der Waals surface area contributed by atoms with E-state index < -0.39 is 0 Å². The number of hydrogen-bond acceptors (Lipinski definition) is 0. The van der Waals surface area contributed by atoms with Crippen LogP contribution in [0.1, 0.15) is 38.5 Å². The Morgan fingerprint density at radius 1 is 0.500 bits per heavy atom. The van der Waals surface area contributed by atoms with Crippen molar-refractivity contribution >= 4 is 35.5 Å². The van der Waals surface area contributed by atoms with E-state index in [-0.39, 0.29) is 35.5 Å². The van der Waals surface area contributed by atoms with Crippen molar-refractivity contribution in [2.24, 2.45) is 0 Å². The molecule has 0 spiro atoms. The van der Waals surface area contributed by atoms with Crippen LogP contribution in [0.3, 0.4) is 0 Å². The molecule has 0 bridgehead atoms. The molecule has 1 aliphatic rings. The molecule has 1 saturated carbocycles. The van der Waals surface area contributed by atoms with Crippen LogP contribution in [-0.2, 0) is 0 Å². The maximum Gasteiger partial charge on any atom is 0.316 e. The fourth-order valence-electron chi connectivity index (χ4n) is 1.06. The fourth-order valence-corrected chi connectivity index (χ4v) is 1.06. The Hall–Kier alpha value is 1.06. The zero-order chi connectivity index (χ0) is 4.24. The third kappa shape index (κ3) is 5.20. The summed E-state index contributed by atoms with van der Waals surface area (Å²) in [5.74, 6) is 0.